The highest BCUT2D eigenvalue weighted by Crippen LogP contribution is 2.30. The van der Waals surface area contributed by atoms with Crippen molar-refractivity contribution in [2.75, 3.05) is 0 Å². The minimum Gasteiger partial charge on any atom is -0.342 e. The Morgan fingerprint density at radius 1 is 0.724 bits per heavy atom. The van der Waals surface area contributed by atoms with Crippen LogP contribution in [0.5, 0.6) is 0 Å². The summed E-state index contributed by atoms with van der Waals surface area (Å²) in [6, 6.07) is 23.0. The number of imidazole rings is 2. The van der Waals surface area contributed by atoms with E-state index < -0.39 is 0 Å². The zero-order valence-electron chi connectivity index (χ0n) is 17.0. The van der Waals surface area contributed by atoms with E-state index in [1.807, 2.05) is 18.2 Å². The van der Waals surface area contributed by atoms with E-state index in [9.17, 15) is 0 Å². The van der Waals surface area contributed by atoms with Crippen molar-refractivity contribution in [1.29, 1.82) is 0 Å². The van der Waals surface area contributed by atoms with Crippen LogP contribution in [0.3, 0.4) is 0 Å². The SMILES string of the molecule is CCC(C)(C)c1nc2cc(-c3ccc4nc(-c5ccccc5)[nH]c4c3)ccc2[nH]1. The second kappa shape index (κ2) is 6.59. The molecule has 0 spiro atoms. The van der Waals surface area contributed by atoms with Gasteiger partial charge in [-0.2, -0.15) is 0 Å². The molecule has 0 saturated heterocycles. The quantitative estimate of drug-likeness (QED) is 0.376. The summed E-state index contributed by atoms with van der Waals surface area (Å²) in [6.07, 6.45) is 1.04. The Morgan fingerprint density at radius 3 is 2.28 bits per heavy atom. The monoisotopic (exact) mass is 380 g/mol. The molecule has 5 rings (SSSR count). The van der Waals surface area contributed by atoms with Gasteiger partial charge in [0.1, 0.15) is 11.6 Å². The van der Waals surface area contributed by atoms with E-state index >= 15 is 0 Å². The fourth-order valence-electron chi connectivity index (χ4n) is 3.60. The molecule has 29 heavy (non-hydrogen) atoms. The van der Waals surface area contributed by atoms with Crippen LogP contribution in [0.15, 0.2) is 66.7 Å². The van der Waals surface area contributed by atoms with E-state index in [1.54, 1.807) is 0 Å². The van der Waals surface area contributed by atoms with Crippen molar-refractivity contribution < 1.29 is 0 Å². The first kappa shape index (κ1) is 17.7. The Morgan fingerprint density at radius 2 is 1.48 bits per heavy atom. The molecule has 0 aliphatic carbocycles. The third-order valence-electron chi connectivity index (χ3n) is 5.87. The molecule has 2 aromatic heterocycles. The van der Waals surface area contributed by atoms with Gasteiger partial charge in [0, 0.05) is 11.0 Å². The first-order valence-corrected chi connectivity index (χ1v) is 10.1. The summed E-state index contributed by atoms with van der Waals surface area (Å²) < 4.78 is 0. The highest BCUT2D eigenvalue weighted by atomic mass is 14.9. The van der Waals surface area contributed by atoms with Gasteiger partial charge in [0.15, 0.2) is 0 Å². The summed E-state index contributed by atoms with van der Waals surface area (Å²) in [4.78, 5) is 16.6. The maximum Gasteiger partial charge on any atom is 0.138 e. The average Bonchev–Trinajstić information content (AvgIpc) is 3.37. The van der Waals surface area contributed by atoms with Crippen LogP contribution in [-0.2, 0) is 5.41 Å². The van der Waals surface area contributed by atoms with Crippen LogP contribution in [0, 0.1) is 0 Å². The predicted octanol–water partition coefficient (Wildman–Crippen LogP) is 6.46. The molecule has 4 heteroatoms. The lowest BCUT2D eigenvalue weighted by molar-refractivity contribution is 0.479. The highest BCUT2D eigenvalue weighted by molar-refractivity contribution is 5.87. The number of aromatic amines is 2. The van der Waals surface area contributed by atoms with E-state index in [0.29, 0.717) is 0 Å². The number of rotatable bonds is 4. The molecule has 0 atom stereocenters. The molecule has 0 saturated carbocycles. The summed E-state index contributed by atoms with van der Waals surface area (Å²) >= 11 is 0. The molecular weight excluding hydrogens is 356 g/mol. The van der Waals surface area contributed by atoms with Crippen molar-refractivity contribution >= 4 is 22.1 Å². The van der Waals surface area contributed by atoms with Crippen LogP contribution >= 0.6 is 0 Å². The lowest BCUT2D eigenvalue weighted by atomic mass is 9.90. The Kier molecular flexibility index (Phi) is 4.02. The zero-order valence-corrected chi connectivity index (χ0v) is 17.0. The molecule has 4 nitrogen and oxygen atoms in total. The van der Waals surface area contributed by atoms with E-state index in [2.05, 4.69) is 79.3 Å². The van der Waals surface area contributed by atoms with Gasteiger partial charge in [-0.15, -0.1) is 0 Å². The Balaban J connectivity index is 1.55. The van der Waals surface area contributed by atoms with Crippen LogP contribution in [0.1, 0.15) is 33.0 Å². The van der Waals surface area contributed by atoms with Crippen LogP contribution in [-0.4, -0.2) is 19.9 Å². The minimum atomic E-state index is 0.0435. The van der Waals surface area contributed by atoms with Gasteiger partial charge in [-0.25, -0.2) is 9.97 Å². The van der Waals surface area contributed by atoms with Crippen molar-refractivity contribution in [3.8, 4) is 22.5 Å². The largest absolute Gasteiger partial charge is 0.342 e. The summed E-state index contributed by atoms with van der Waals surface area (Å²) in [6.45, 7) is 6.65. The number of benzene rings is 3. The van der Waals surface area contributed by atoms with Gasteiger partial charge in [0.05, 0.1) is 22.1 Å². The molecule has 2 heterocycles. The van der Waals surface area contributed by atoms with Crippen molar-refractivity contribution in [2.24, 2.45) is 0 Å². The van der Waals surface area contributed by atoms with Crippen molar-refractivity contribution in [1.82, 2.24) is 19.9 Å². The maximum absolute atomic E-state index is 4.87. The smallest absolute Gasteiger partial charge is 0.138 e. The summed E-state index contributed by atoms with van der Waals surface area (Å²) in [5.74, 6) is 1.94. The first-order chi connectivity index (χ1) is 14.0. The average molecular weight is 380 g/mol. The number of nitrogens with zero attached hydrogens (tertiary/aromatic N) is 2. The molecule has 0 fully saturated rings. The van der Waals surface area contributed by atoms with Crippen molar-refractivity contribution in [3.05, 3.63) is 72.6 Å². The van der Waals surface area contributed by atoms with Crippen molar-refractivity contribution in [3.63, 3.8) is 0 Å². The Labute approximate surface area is 170 Å². The lowest BCUT2D eigenvalue weighted by Crippen LogP contribution is -2.17. The molecule has 144 valence electrons. The van der Waals surface area contributed by atoms with Gasteiger partial charge in [-0.1, -0.05) is 63.2 Å². The predicted molar refractivity (Wildman–Crippen MR) is 120 cm³/mol. The molecule has 0 radical (unpaired) electrons. The number of H-pyrrole nitrogens is 2. The molecule has 5 aromatic rings. The normalized spacial score (nSPS) is 12.1. The van der Waals surface area contributed by atoms with E-state index in [4.69, 9.17) is 9.97 Å². The summed E-state index contributed by atoms with van der Waals surface area (Å²) in [7, 11) is 0. The lowest BCUT2D eigenvalue weighted by Gasteiger charge is -2.18. The van der Waals surface area contributed by atoms with E-state index in [-0.39, 0.29) is 5.41 Å². The third kappa shape index (κ3) is 3.11. The first-order valence-electron chi connectivity index (χ1n) is 10.1. The fourth-order valence-corrected chi connectivity index (χ4v) is 3.60. The number of nitrogens with one attached hydrogen (secondary N) is 2. The molecule has 0 unspecified atom stereocenters. The van der Waals surface area contributed by atoms with Crippen molar-refractivity contribution in [2.45, 2.75) is 32.6 Å². The number of hydrogen-bond acceptors (Lipinski definition) is 2. The Bertz CT molecular complexity index is 1310. The van der Waals surface area contributed by atoms with Gasteiger partial charge in [-0.3, -0.25) is 0 Å². The number of aromatic nitrogens is 4. The van der Waals surface area contributed by atoms with Gasteiger partial charge in [-0.05, 0) is 41.8 Å². The van der Waals surface area contributed by atoms with Gasteiger partial charge in [0.2, 0.25) is 0 Å². The van der Waals surface area contributed by atoms with Crippen LogP contribution < -0.4 is 0 Å². The second-order valence-corrected chi connectivity index (χ2v) is 8.24. The fraction of sp³-hybridized carbons (Fsp3) is 0.200. The Hall–Kier alpha value is -3.40. The van der Waals surface area contributed by atoms with E-state index in [0.717, 1.165) is 56.8 Å². The zero-order chi connectivity index (χ0) is 20.0. The van der Waals surface area contributed by atoms with Gasteiger partial charge < -0.3 is 9.97 Å². The molecule has 2 N–H and O–H groups in total. The second-order valence-electron chi connectivity index (χ2n) is 8.24. The molecule has 0 aliphatic heterocycles. The topological polar surface area (TPSA) is 57.4 Å². The van der Waals surface area contributed by atoms with Crippen LogP contribution in [0.25, 0.3) is 44.6 Å². The van der Waals surface area contributed by atoms with Gasteiger partial charge in [0.25, 0.3) is 0 Å². The highest BCUT2D eigenvalue weighted by Gasteiger charge is 2.22. The number of hydrogen-bond donors (Lipinski definition) is 2. The molecular formula is C25H24N4. The summed E-state index contributed by atoms with van der Waals surface area (Å²) in [5, 5.41) is 0. The van der Waals surface area contributed by atoms with Gasteiger partial charge >= 0.3 is 0 Å². The maximum atomic E-state index is 4.87. The minimum absolute atomic E-state index is 0.0435. The van der Waals surface area contributed by atoms with E-state index in [1.165, 1.54) is 0 Å². The van der Waals surface area contributed by atoms with Crippen LogP contribution in [0.2, 0.25) is 0 Å². The molecule has 3 aromatic carbocycles. The third-order valence-corrected chi connectivity index (χ3v) is 5.87. The standard InChI is InChI=1S/C25H24N4/c1-4-25(2,3)24-28-20-13-11-18(15-22(20)29-24)17-10-12-19-21(14-17)27-23(26-19)16-8-6-5-7-9-16/h5-15H,4H2,1-3H3,(H,26,27)(H,28,29). The molecule has 0 amide bonds. The van der Waals surface area contributed by atoms with Crippen LogP contribution in [0.4, 0.5) is 0 Å². The summed E-state index contributed by atoms with van der Waals surface area (Å²) in [5.41, 5.74) is 7.55. The number of fused-ring (bicyclic) bond motifs is 2. The molecule has 0 aliphatic rings. The molecule has 0 bridgehead atoms.